The summed E-state index contributed by atoms with van der Waals surface area (Å²) in [4.78, 5) is 29.7. The van der Waals surface area contributed by atoms with Crippen molar-refractivity contribution in [2.24, 2.45) is 0 Å². The van der Waals surface area contributed by atoms with Gasteiger partial charge >= 0.3 is 5.97 Å². The summed E-state index contributed by atoms with van der Waals surface area (Å²) in [6, 6.07) is 30.5. The SMILES string of the molecule is COC(=O)c1c(NC(=O)CC(c2ccccc2)c2ccccc2)sc2c1CCN(Cc1ccccc1)C2.Cl. The summed E-state index contributed by atoms with van der Waals surface area (Å²) in [5, 5.41) is 3.66. The number of ether oxygens (including phenoxy) is 1. The fourth-order valence-corrected chi connectivity index (χ4v) is 6.30. The second-order valence-corrected chi connectivity index (χ2v) is 10.4. The van der Waals surface area contributed by atoms with Crippen LogP contribution in [0.15, 0.2) is 91.0 Å². The van der Waals surface area contributed by atoms with E-state index in [1.165, 1.54) is 24.0 Å². The molecular formula is C31H31ClN2O3S. The minimum Gasteiger partial charge on any atom is -0.465 e. The van der Waals surface area contributed by atoms with Gasteiger partial charge < -0.3 is 10.1 Å². The van der Waals surface area contributed by atoms with Crippen LogP contribution in [0, 0.1) is 0 Å². The first kappa shape index (κ1) is 27.6. The molecule has 0 radical (unpaired) electrons. The number of amides is 1. The molecule has 38 heavy (non-hydrogen) atoms. The molecule has 0 aliphatic carbocycles. The van der Waals surface area contributed by atoms with E-state index >= 15 is 0 Å². The third-order valence-electron chi connectivity index (χ3n) is 6.82. The second kappa shape index (κ2) is 12.9. The van der Waals surface area contributed by atoms with Crippen molar-refractivity contribution in [2.45, 2.75) is 31.8 Å². The summed E-state index contributed by atoms with van der Waals surface area (Å²) in [5.74, 6) is -0.602. The first-order valence-electron chi connectivity index (χ1n) is 12.5. The van der Waals surface area contributed by atoms with Crippen LogP contribution < -0.4 is 5.32 Å². The van der Waals surface area contributed by atoms with E-state index in [-0.39, 0.29) is 30.7 Å². The number of carbonyl (C=O) groups is 2. The van der Waals surface area contributed by atoms with E-state index in [9.17, 15) is 9.59 Å². The number of hydrogen-bond acceptors (Lipinski definition) is 5. The highest BCUT2D eigenvalue weighted by atomic mass is 35.5. The van der Waals surface area contributed by atoms with Crippen molar-refractivity contribution in [3.8, 4) is 0 Å². The Hall–Kier alpha value is -3.45. The number of methoxy groups -OCH3 is 1. The Bertz CT molecular complexity index is 1320. The maximum Gasteiger partial charge on any atom is 0.341 e. The zero-order chi connectivity index (χ0) is 25.6. The minimum atomic E-state index is -0.396. The highest BCUT2D eigenvalue weighted by Crippen LogP contribution is 2.38. The summed E-state index contributed by atoms with van der Waals surface area (Å²) in [6.45, 7) is 2.44. The average Bonchev–Trinajstić information content (AvgIpc) is 3.29. The number of thiophene rings is 1. The molecule has 5 rings (SSSR count). The maximum atomic E-state index is 13.4. The Labute approximate surface area is 233 Å². The van der Waals surface area contributed by atoms with E-state index in [1.54, 1.807) is 0 Å². The van der Waals surface area contributed by atoms with Crippen LogP contribution in [0.1, 0.15) is 49.8 Å². The Morgan fingerprint density at radius 3 is 2.08 bits per heavy atom. The van der Waals surface area contributed by atoms with E-state index in [0.29, 0.717) is 10.6 Å². The molecular weight excluding hydrogens is 516 g/mol. The van der Waals surface area contributed by atoms with Gasteiger partial charge in [0, 0.05) is 36.9 Å². The zero-order valence-corrected chi connectivity index (χ0v) is 22.9. The molecule has 0 bridgehead atoms. The largest absolute Gasteiger partial charge is 0.465 e. The Morgan fingerprint density at radius 2 is 1.50 bits per heavy atom. The van der Waals surface area contributed by atoms with Gasteiger partial charge in [0.1, 0.15) is 5.00 Å². The number of nitrogens with one attached hydrogen (secondary N) is 1. The summed E-state index contributed by atoms with van der Waals surface area (Å²) < 4.78 is 5.13. The van der Waals surface area contributed by atoms with Crippen molar-refractivity contribution in [3.63, 3.8) is 0 Å². The lowest BCUT2D eigenvalue weighted by atomic mass is 9.88. The molecule has 5 nitrogen and oxygen atoms in total. The van der Waals surface area contributed by atoms with Crippen LogP contribution >= 0.6 is 23.7 Å². The molecule has 2 heterocycles. The van der Waals surface area contributed by atoms with Crippen LogP contribution in [0.25, 0.3) is 0 Å². The number of halogens is 1. The molecule has 0 atom stereocenters. The lowest BCUT2D eigenvalue weighted by molar-refractivity contribution is -0.116. The molecule has 1 amide bonds. The lowest BCUT2D eigenvalue weighted by Gasteiger charge is -2.27. The van der Waals surface area contributed by atoms with Crippen LogP contribution in [0.3, 0.4) is 0 Å². The second-order valence-electron chi connectivity index (χ2n) is 9.27. The van der Waals surface area contributed by atoms with Gasteiger partial charge in [0.05, 0.1) is 12.7 Å². The number of fused-ring (bicyclic) bond motifs is 1. The van der Waals surface area contributed by atoms with E-state index < -0.39 is 5.97 Å². The fourth-order valence-electron chi connectivity index (χ4n) is 5.00. The third kappa shape index (κ3) is 6.33. The fraction of sp³-hybridized carbons (Fsp3) is 0.226. The van der Waals surface area contributed by atoms with Gasteiger partial charge in [0.2, 0.25) is 5.91 Å². The molecule has 4 aromatic rings. The topological polar surface area (TPSA) is 58.6 Å². The zero-order valence-electron chi connectivity index (χ0n) is 21.3. The van der Waals surface area contributed by atoms with Gasteiger partial charge in [-0.3, -0.25) is 9.69 Å². The molecule has 0 fully saturated rings. The molecule has 0 saturated heterocycles. The molecule has 1 N–H and O–H groups in total. The molecule has 0 saturated carbocycles. The number of esters is 1. The van der Waals surface area contributed by atoms with Crippen LogP contribution in [0.2, 0.25) is 0 Å². The quantitative estimate of drug-likeness (QED) is 0.251. The van der Waals surface area contributed by atoms with E-state index in [1.807, 2.05) is 42.5 Å². The number of anilines is 1. The van der Waals surface area contributed by atoms with Gasteiger partial charge in [-0.2, -0.15) is 0 Å². The maximum absolute atomic E-state index is 13.4. The number of benzene rings is 3. The molecule has 3 aromatic carbocycles. The van der Waals surface area contributed by atoms with Crippen molar-refractivity contribution in [1.29, 1.82) is 0 Å². The highest BCUT2D eigenvalue weighted by Gasteiger charge is 2.30. The summed E-state index contributed by atoms with van der Waals surface area (Å²) in [6.07, 6.45) is 1.02. The predicted octanol–water partition coefficient (Wildman–Crippen LogP) is 6.68. The first-order chi connectivity index (χ1) is 18.1. The van der Waals surface area contributed by atoms with Crippen molar-refractivity contribution in [3.05, 3.63) is 124 Å². The molecule has 0 unspecified atom stereocenters. The van der Waals surface area contributed by atoms with Crippen LogP contribution in [0.5, 0.6) is 0 Å². The molecule has 1 aliphatic rings. The van der Waals surface area contributed by atoms with Crippen LogP contribution in [0.4, 0.5) is 5.00 Å². The first-order valence-corrected chi connectivity index (χ1v) is 13.3. The standard InChI is InChI=1S/C31H30N2O3S.ClH/c1-36-31(35)29-25-17-18-33(20-22-11-5-2-6-12-22)21-27(25)37-30(29)32-28(34)19-26(23-13-7-3-8-14-23)24-15-9-4-10-16-24;/h2-16,26H,17-21H2,1H3,(H,32,34);1H. The van der Waals surface area contributed by atoms with Gasteiger partial charge in [-0.25, -0.2) is 4.79 Å². The molecule has 1 aliphatic heterocycles. The minimum absolute atomic E-state index is 0. The monoisotopic (exact) mass is 546 g/mol. The third-order valence-corrected chi connectivity index (χ3v) is 7.95. The highest BCUT2D eigenvalue weighted by molar-refractivity contribution is 7.17. The summed E-state index contributed by atoms with van der Waals surface area (Å²) in [7, 11) is 1.39. The van der Waals surface area contributed by atoms with Crippen LogP contribution in [-0.2, 0) is 29.0 Å². The van der Waals surface area contributed by atoms with Crippen molar-refractivity contribution in [2.75, 3.05) is 19.0 Å². The number of rotatable bonds is 8. The molecule has 1 aromatic heterocycles. The van der Waals surface area contributed by atoms with Gasteiger partial charge in [0.15, 0.2) is 0 Å². The Balaban J connectivity index is 0.00000336. The van der Waals surface area contributed by atoms with Gasteiger partial charge in [-0.05, 0) is 28.7 Å². The van der Waals surface area contributed by atoms with Crippen molar-refractivity contribution < 1.29 is 14.3 Å². The summed E-state index contributed by atoms with van der Waals surface area (Å²) in [5.41, 5.74) is 4.93. The number of nitrogens with zero attached hydrogens (tertiary/aromatic N) is 1. The average molecular weight is 547 g/mol. The molecule has 0 spiro atoms. The van der Waals surface area contributed by atoms with E-state index in [0.717, 1.165) is 47.6 Å². The van der Waals surface area contributed by atoms with Crippen LogP contribution in [-0.4, -0.2) is 30.4 Å². The van der Waals surface area contributed by atoms with Gasteiger partial charge in [0.25, 0.3) is 0 Å². The van der Waals surface area contributed by atoms with E-state index in [4.69, 9.17) is 4.74 Å². The Kier molecular flexibility index (Phi) is 9.34. The normalized spacial score (nSPS) is 12.9. The van der Waals surface area contributed by atoms with Gasteiger partial charge in [-0.1, -0.05) is 91.0 Å². The lowest BCUT2D eigenvalue weighted by Crippen LogP contribution is -2.29. The van der Waals surface area contributed by atoms with E-state index in [2.05, 4.69) is 58.7 Å². The van der Waals surface area contributed by atoms with Crippen molar-refractivity contribution >= 4 is 40.6 Å². The van der Waals surface area contributed by atoms with Gasteiger partial charge in [-0.15, -0.1) is 23.7 Å². The predicted molar refractivity (Wildman–Crippen MR) is 155 cm³/mol. The number of carbonyl (C=O) groups excluding carboxylic acids is 2. The summed E-state index contributed by atoms with van der Waals surface area (Å²) >= 11 is 1.49. The Morgan fingerprint density at radius 1 is 0.921 bits per heavy atom. The molecule has 196 valence electrons. The molecule has 7 heteroatoms. The smallest absolute Gasteiger partial charge is 0.341 e. The van der Waals surface area contributed by atoms with Crippen molar-refractivity contribution in [1.82, 2.24) is 4.90 Å². The number of hydrogen-bond donors (Lipinski definition) is 1.